The number of anilines is 1. The number of para-hydroxylation sites is 2. The summed E-state index contributed by atoms with van der Waals surface area (Å²) in [5, 5.41) is 0.617. The van der Waals surface area contributed by atoms with Gasteiger partial charge in [-0.2, -0.15) is 0 Å². The summed E-state index contributed by atoms with van der Waals surface area (Å²) in [7, 11) is 0. The van der Waals surface area contributed by atoms with Gasteiger partial charge in [-0.15, -0.1) is 5.06 Å². The molecule has 3 aliphatic rings. The summed E-state index contributed by atoms with van der Waals surface area (Å²) >= 11 is 0. The molecule has 2 aromatic rings. The van der Waals surface area contributed by atoms with Gasteiger partial charge in [0.15, 0.2) is 0 Å². The fourth-order valence-electron chi connectivity index (χ4n) is 6.01. The summed E-state index contributed by atoms with van der Waals surface area (Å²) < 4.78 is 0. The maximum absolute atomic E-state index is 12.2. The lowest BCUT2D eigenvalue weighted by atomic mass is 9.81. The summed E-state index contributed by atoms with van der Waals surface area (Å²) in [5.74, 6) is -1.44. The Labute approximate surface area is 248 Å². The van der Waals surface area contributed by atoms with Gasteiger partial charge < -0.3 is 9.74 Å². The number of amides is 2. The normalized spacial score (nSPS) is 19.7. The molecule has 5 rings (SSSR count). The predicted octanol–water partition coefficient (Wildman–Crippen LogP) is 7.01. The van der Waals surface area contributed by atoms with Crippen molar-refractivity contribution in [3.8, 4) is 0 Å². The quantitative estimate of drug-likeness (QED) is 0.176. The van der Waals surface area contributed by atoms with Crippen LogP contribution in [0.5, 0.6) is 0 Å². The van der Waals surface area contributed by atoms with E-state index >= 15 is 0 Å². The number of benzene rings is 2. The number of hydroxylamine groups is 2. The number of hydrogen-bond donors (Lipinski definition) is 0. The fraction of sp³-hybridized carbons (Fsp3) is 0.371. The average Bonchev–Trinajstić information content (AvgIpc) is 3.50. The van der Waals surface area contributed by atoms with Crippen LogP contribution in [0.25, 0.3) is 0 Å². The molecule has 7 heteroatoms. The lowest BCUT2D eigenvalue weighted by Crippen LogP contribution is -2.32. The van der Waals surface area contributed by atoms with Gasteiger partial charge in [0.05, 0.1) is 11.4 Å². The van der Waals surface area contributed by atoms with Crippen LogP contribution < -0.4 is 4.90 Å². The molecule has 0 saturated carbocycles. The topological polar surface area (TPSA) is 79.3 Å². The van der Waals surface area contributed by atoms with Gasteiger partial charge in [0.25, 0.3) is 11.8 Å². The van der Waals surface area contributed by atoms with Crippen LogP contribution in [0.15, 0.2) is 89.6 Å². The van der Waals surface area contributed by atoms with E-state index in [9.17, 15) is 14.4 Å². The molecule has 0 N–H and O–H groups in total. The van der Waals surface area contributed by atoms with E-state index in [2.05, 4.69) is 105 Å². The van der Waals surface area contributed by atoms with E-state index in [0.717, 1.165) is 30.8 Å². The van der Waals surface area contributed by atoms with E-state index in [1.165, 1.54) is 22.5 Å². The van der Waals surface area contributed by atoms with Gasteiger partial charge in [0.1, 0.15) is 0 Å². The molecule has 0 spiro atoms. The van der Waals surface area contributed by atoms with Crippen LogP contribution in [0.1, 0.15) is 77.3 Å². The number of unbranched alkanes of at least 4 members (excludes halogenated alkanes) is 2. The number of aliphatic imine (C=N–C) groups is 1. The monoisotopic (exact) mass is 565 g/mol. The Bertz CT molecular complexity index is 1500. The van der Waals surface area contributed by atoms with Crippen molar-refractivity contribution in [2.24, 2.45) is 4.99 Å². The molecular weight excluding hydrogens is 526 g/mol. The average molecular weight is 566 g/mol. The Morgan fingerprint density at radius 2 is 1.55 bits per heavy atom. The maximum atomic E-state index is 12.2. The molecule has 218 valence electrons. The zero-order chi connectivity index (χ0) is 29.9. The molecule has 0 radical (unpaired) electrons. The molecule has 0 aromatic heterocycles. The maximum Gasteiger partial charge on any atom is 0.333 e. The zero-order valence-electron chi connectivity index (χ0n) is 24.9. The first kappa shape index (κ1) is 29.2. The fourth-order valence-corrected chi connectivity index (χ4v) is 6.01. The van der Waals surface area contributed by atoms with Crippen molar-refractivity contribution in [1.82, 2.24) is 5.06 Å². The van der Waals surface area contributed by atoms with Crippen LogP contribution in [0, 0.1) is 0 Å². The number of carbonyl (C=O) groups excluding carboxylic acids is 3. The van der Waals surface area contributed by atoms with Crippen LogP contribution in [-0.2, 0) is 30.1 Å². The SMILES string of the molecule is CC1(C)C(/C=C/C=C/C=C2/N(CCCCCC(=O)ON3C(=O)CCC3=O)c3ccccc3C2(C)C)=Nc2ccccc21. The van der Waals surface area contributed by atoms with Crippen LogP contribution in [-0.4, -0.2) is 35.1 Å². The smallest absolute Gasteiger partial charge is 0.333 e. The minimum atomic E-state index is -0.541. The van der Waals surface area contributed by atoms with E-state index in [1.54, 1.807) is 0 Å². The third-order valence-corrected chi connectivity index (χ3v) is 8.45. The second kappa shape index (κ2) is 11.9. The van der Waals surface area contributed by atoms with E-state index in [4.69, 9.17) is 9.83 Å². The van der Waals surface area contributed by atoms with E-state index < -0.39 is 17.8 Å². The van der Waals surface area contributed by atoms with E-state index in [-0.39, 0.29) is 30.1 Å². The molecular formula is C35H39N3O4. The van der Waals surface area contributed by atoms with Crippen molar-refractivity contribution in [2.45, 2.75) is 77.0 Å². The molecule has 42 heavy (non-hydrogen) atoms. The van der Waals surface area contributed by atoms with Gasteiger partial charge in [0, 0.05) is 48.0 Å². The van der Waals surface area contributed by atoms with Crippen LogP contribution in [0.3, 0.4) is 0 Å². The number of nitrogens with zero attached hydrogens (tertiary/aromatic N) is 3. The van der Waals surface area contributed by atoms with Gasteiger partial charge in [-0.1, -0.05) is 88.7 Å². The zero-order valence-corrected chi connectivity index (χ0v) is 24.9. The van der Waals surface area contributed by atoms with Gasteiger partial charge in [-0.05, 0) is 48.3 Å². The third-order valence-electron chi connectivity index (χ3n) is 8.45. The summed E-state index contributed by atoms with van der Waals surface area (Å²) in [4.78, 5) is 47.7. The van der Waals surface area contributed by atoms with E-state index in [1.807, 2.05) is 6.07 Å². The summed E-state index contributed by atoms with van der Waals surface area (Å²) in [6.07, 6.45) is 13.2. The van der Waals surface area contributed by atoms with E-state index in [0.29, 0.717) is 11.5 Å². The first-order valence-electron chi connectivity index (χ1n) is 14.8. The molecule has 1 saturated heterocycles. The highest BCUT2D eigenvalue weighted by atomic mass is 16.7. The van der Waals surface area contributed by atoms with Crippen molar-refractivity contribution >= 4 is 34.9 Å². The molecule has 3 heterocycles. The van der Waals surface area contributed by atoms with Gasteiger partial charge >= 0.3 is 5.97 Å². The Morgan fingerprint density at radius 1 is 0.857 bits per heavy atom. The first-order valence-corrected chi connectivity index (χ1v) is 14.8. The molecule has 7 nitrogen and oxygen atoms in total. The number of fused-ring (bicyclic) bond motifs is 2. The lowest BCUT2D eigenvalue weighted by Gasteiger charge is -2.27. The van der Waals surface area contributed by atoms with Crippen molar-refractivity contribution in [3.05, 3.63) is 95.7 Å². The lowest BCUT2D eigenvalue weighted by molar-refractivity contribution is -0.197. The summed E-state index contributed by atoms with van der Waals surface area (Å²) in [6, 6.07) is 16.8. The largest absolute Gasteiger partial charge is 0.344 e. The Hall–Kier alpha value is -4.26. The Balaban J connectivity index is 1.20. The second-order valence-electron chi connectivity index (χ2n) is 12.1. The molecule has 0 atom stereocenters. The highest BCUT2D eigenvalue weighted by Crippen LogP contribution is 2.47. The van der Waals surface area contributed by atoms with Gasteiger partial charge in [0.2, 0.25) is 0 Å². The Morgan fingerprint density at radius 3 is 2.29 bits per heavy atom. The minimum absolute atomic E-state index is 0.101. The van der Waals surface area contributed by atoms with Crippen LogP contribution in [0.2, 0.25) is 0 Å². The predicted molar refractivity (Wildman–Crippen MR) is 165 cm³/mol. The number of rotatable bonds is 10. The van der Waals surface area contributed by atoms with Crippen LogP contribution in [0.4, 0.5) is 11.4 Å². The van der Waals surface area contributed by atoms with Crippen LogP contribution >= 0.6 is 0 Å². The highest BCUT2D eigenvalue weighted by Gasteiger charge is 2.39. The highest BCUT2D eigenvalue weighted by molar-refractivity contribution is 6.08. The number of imide groups is 1. The molecule has 0 unspecified atom stereocenters. The number of carbonyl (C=O) groups is 3. The standard InChI is InChI=1S/C35H39N3O4/c1-34(2)25-15-10-12-17-27(25)36-29(34)19-7-5-8-20-30-35(3,4)26-16-11-13-18-28(26)37(30)24-14-6-9-21-33(41)42-38-31(39)22-23-32(38)40/h5,7-8,10-13,15-20H,6,9,14,21-24H2,1-4H3/b8-5+,19-7+,30-20+. The molecule has 3 aliphatic heterocycles. The van der Waals surface area contributed by atoms with Gasteiger partial charge in [-0.3, -0.25) is 14.6 Å². The molecule has 0 aliphatic carbocycles. The molecule has 0 bridgehead atoms. The summed E-state index contributed by atoms with van der Waals surface area (Å²) in [5.41, 5.74) is 6.82. The first-order chi connectivity index (χ1) is 20.1. The minimum Gasteiger partial charge on any atom is -0.344 e. The molecule has 2 amide bonds. The third kappa shape index (κ3) is 5.73. The summed E-state index contributed by atoms with van der Waals surface area (Å²) in [6.45, 7) is 9.75. The van der Waals surface area contributed by atoms with Crippen molar-refractivity contribution in [1.29, 1.82) is 0 Å². The molecule has 1 fully saturated rings. The number of hydrogen-bond acceptors (Lipinski definition) is 6. The van der Waals surface area contributed by atoms with Crippen molar-refractivity contribution < 1.29 is 19.2 Å². The number of allylic oxidation sites excluding steroid dienone is 6. The van der Waals surface area contributed by atoms with Crippen molar-refractivity contribution in [3.63, 3.8) is 0 Å². The van der Waals surface area contributed by atoms with Crippen molar-refractivity contribution in [2.75, 3.05) is 11.4 Å². The van der Waals surface area contributed by atoms with Gasteiger partial charge in [-0.25, -0.2) is 4.79 Å². The second-order valence-corrected chi connectivity index (χ2v) is 12.1. The molecule has 2 aromatic carbocycles. The Kier molecular flexibility index (Phi) is 8.30.